The molecule has 2 nitrogen and oxygen atoms in total. The van der Waals surface area contributed by atoms with Crippen LogP contribution in [0.5, 0.6) is 0 Å². The minimum Gasteiger partial charge on any atom is -0.381 e. The number of hydrogen-bond donors (Lipinski definition) is 1. The van der Waals surface area contributed by atoms with Gasteiger partial charge in [-0.1, -0.05) is 55.7 Å². The van der Waals surface area contributed by atoms with Gasteiger partial charge in [0.15, 0.2) is 0 Å². The molecular weight excluding hydrogens is 306 g/mol. The van der Waals surface area contributed by atoms with Crippen LogP contribution in [0.2, 0.25) is 0 Å². The molecule has 1 N–H and O–H groups in total. The molecular formula is C23H27NO. The predicted molar refractivity (Wildman–Crippen MR) is 103 cm³/mol. The molecule has 2 heterocycles. The van der Waals surface area contributed by atoms with Gasteiger partial charge in [0.2, 0.25) is 0 Å². The summed E-state index contributed by atoms with van der Waals surface area (Å²) in [6.07, 6.45) is 8.49. The molecule has 25 heavy (non-hydrogen) atoms. The second kappa shape index (κ2) is 6.49. The van der Waals surface area contributed by atoms with Crippen molar-refractivity contribution >= 4 is 5.69 Å². The second-order valence-electron chi connectivity index (χ2n) is 7.98. The summed E-state index contributed by atoms with van der Waals surface area (Å²) in [5.41, 5.74) is 5.26. The van der Waals surface area contributed by atoms with Crippen LogP contribution >= 0.6 is 0 Å². The maximum Gasteiger partial charge on any atom is 0.0893 e. The molecule has 1 saturated heterocycles. The SMILES string of the molecule is c1ccc(-c2ccc3c(c2)[C@H]2OCC[C@H]2C(C2CCCCC2)N3)cc1. The number of rotatable bonds is 2. The van der Waals surface area contributed by atoms with Gasteiger partial charge in [-0.2, -0.15) is 0 Å². The topological polar surface area (TPSA) is 21.3 Å². The third-order valence-corrected chi connectivity index (χ3v) is 6.54. The lowest BCUT2D eigenvalue weighted by Gasteiger charge is -2.42. The molecule has 3 atom stereocenters. The van der Waals surface area contributed by atoms with Crippen molar-refractivity contribution in [2.45, 2.75) is 50.7 Å². The molecule has 0 aromatic heterocycles. The molecule has 5 rings (SSSR count). The maximum absolute atomic E-state index is 6.26. The Balaban J connectivity index is 1.50. The zero-order valence-corrected chi connectivity index (χ0v) is 14.8. The molecule has 2 aromatic carbocycles. The first-order chi connectivity index (χ1) is 12.4. The summed E-state index contributed by atoms with van der Waals surface area (Å²) in [7, 11) is 0. The van der Waals surface area contributed by atoms with E-state index in [2.05, 4.69) is 53.8 Å². The van der Waals surface area contributed by atoms with Crippen LogP contribution < -0.4 is 5.32 Å². The van der Waals surface area contributed by atoms with Gasteiger partial charge in [0.1, 0.15) is 0 Å². The van der Waals surface area contributed by atoms with E-state index in [-0.39, 0.29) is 6.10 Å². The van der Waals surface area contributed by atoms with Crippen molar-refractivity contribution in [2.24, 2.45) is 11.8 Å². The lowest BCUT2D eigenvalue weighted by Crippen LogP contribution is -2.42. The van der Waals surface area contributed by atoms with Crippen molar-refractivity contribution in [3.05, 3.63) is 54.1 Å². The van der Waals surface area contributed by atoms with Gasteiger partial charge in [0.25, 0.3) is 0 Å². The van der Waals surface area contributed by atoms with Crippen LogP contribution in [-0.4, -0.2) is 12.6 Å². The van der Waals surface area contributed by atoms with Gasteiger partial charge in [-0.05, 0) is 48.4 Å². The molecule has 2 fully saturated rings. The van der Waals surface area contributed by atoms with Crippen molar-refractivity contribution in [3.63, 3.8) is 0 Å². The van der Waals surface area contributed by atoms with E-state index in [4.69, 9.17) is 4.74 Å². The van der Waals surface area contributed by atoms with Crippen molar-refractivity contribution in [1.29, 1.82) is 0 Å². The van der Waals surface area contributed by atoms with Crippen molar-refractivity contribution in [3.8, 4) is 11.1 Å². The molecule has 3 aliphatic rings. The summed E-state index contributed by atoms with van der Waals surface area (Å²) in [6.45, 7) is 0.912. The normalized spacial score (nSPS) is 28.9. The monoisotopic (exact) mass is 333 g/mol. The van der Waals surface area contributed by atoms with E-state index >= 15 is 0 Å². The zero-order chi connectivity index (χ0) is 16.6. The van der Waals surface area contributed by atoms with Gasteiger partial charge in [0.05, 0.1) is 6.10 Å². The van der Waals surface area contributed by atoms with Gasteiger partial charge >= 0.3 is 0 Å². The lowest BCUT2D eigenvalue weighted by atomic mass is 9.73. The molecule has 1 aliphatic carbocycles. The Bertz CT molecular complexity index is 735. The van der Waals surface area contributed by atoms with Crippen LogP contribution in [0.4, 0.5) is 5.69 Å². The Labute approximate surface area is 150 Å². The fraction of sp³-hybridized carbons (Fsp3) is 0.478. The van der Waals surface area contributed by atoms with Crippen LogP contribution in [0.3, 0.4) is 0 Å². The van der Waals surface area contributed by atoms with Crippen LogP contribution in [-0.2, 0) is 4.74 Å². The number of fused-ring (bicyclic) bond motifs is 3. The molecule has 0 spiro atoms. The summed E-state index contributed by atoms with van der Waals surface area (Å²) in [6, 6.07) is 18.2. The average molecular weight is 333 g/mol. The predicted octanol–water partition coefficient (Wildman–Crippen LogP) is 5.81. The highest BCUT2D eigenvalue weighted by Gasteiger charge is 2.43. The summed E-state index contributed by atoms with van der Waals surface area (Å²) < 4.78 is 6.26. The minimum atomic E-state index is 0.284. The summed E-state index contributed by atoms with van der Waals surface area (Å²) in [5, 5.41) is 3.94. The van der Waals surface area contributed by atoms with E-state index in [0.717, 1.165) is 12.5 Å². The van der Waals surface area contributed by atoms with E-state index in [1.807, 2.05) is 0 Å². The summed E-state index contributed by atoms with van der Waals surface area (Å²) >= 11 is 0. The Morgan fingerprint density at radius 3 is 2.52 bits per heavy atom. The van der Waals surface area contributed by atoms with Crippen molar-refractivity contribution in [1.82, 2.24) is 0 Å². The molecule has 0 amide bonds. The first-order valence-electron chi connectivity index (χ1n) is 9.98. The summed E-state index contributed by atoms with van der Waals surface area (Å²) in [5.74, 6) is 1.46. The Morgan fingerprint density at radius 2 is 1.68 bits per heavy atom. The lowest BCUT2D eigenvalue weighted by molar-refractivity contribution is 0.0732. The van der Waals surface area contributed by atoms with Gasteiger partial charge in [-0.15, -0.1) is 0 Å². The highest BCUT2D eigenvalue weighted by Crippen LogP contribution is 2.49. The molecule has 2 heteroatoms. The van der Waals surface area contributed by atoms with Gasteiger partial charge < -0.3 is 10.1 Å². The minimum absolute atomic E-state index is 0.284. The fourth-order valence-electron chi connectivity index (χ4n) is 5.28. The molecule has 1 unspecified atom stereocenters. The Morgan fingerprint density at radius 1 is 0.840 bits per heavy atom. The van der Waals surface area contributed by atoms with E-state index < -0.39 is 0 Å². The Kier molecular flexibility index (Phi) is 4.01. The van der Waals surface area contributed by atoms with E-state index in [9.17, 15) is 0 Å². The zero-order valence-electron chi connectivity index (χ0n) is 14.8. The number of anilines is 1. The maximum atomic E-state index is 6.26. The molecule has 1 saturated carbocycles. The number of benzene rings is 2. The molecule has 2 aliphatic heterocycles. The number of hydrogen-bond acceptors (Lipinski definition) is 2. The average Bonchev–Trinajstić information content (AvgIpc) is 3.18. The first-order valence-corrected chi connectivity index (χ1v) is 9.98. The third kappa shape index (κ3) is 2.77. The van der Waals surface area contributed by atoms with E-state index in [1.54, 1.807) is 0 Å². The highest BCUT2D eigenvalue weighted by atomic mass is 16.5. The van der Waals surface area contributed by atoms with Crippen LogP contribution in [0, 0.1) is 11.8 Å². The number of ether oxygens (including phenoxy) is 1. The largest absolute Gasteiger partial charge is 0.381 e. The molecule has 2 aromatic rings. The van der Waals surface area contributed by atoms with E-state index in [1.165, 1.54) is 60.9 Å². The van der Waals surface area contributed by atoms with Gasteiger partial charge in [-0.3, -0.25) is 0 Å². The summed E-state index contributed by atoms with van der Waals surface area (Å²) in [4.78, 5) is 0. The molecule has 0 bridgehead atoms. The first kappa shape index (κ1) is 15.5. The van der Waals surface area contributed by atoms with Crippen molar-refractivity contribution in [2.75, 3.05) is 11.9 Å². The van der Waals surface area contributed by atoms with E-state index in [0.29, 0.717) is 12.0 Å². The highest BCUT2D eigenvalue weighted by molar-refractivity contribution is 5.70. The van der Waals surface area contributed by atoms with Gasteiger partial charge in [0, 0.05) is 29.8 Å². The van der Waals surface area contributed by atoms with Crippen molar-refractivity contribution < 1.29 is 4.74 Å². The quantitative estimate of drug-likeness (QED) is 0.749. The fourth-order valence-corrected chi connectivity index (χ4v) is 5.28. The van der Waals surface area contributed by atoms with Crippen LogP contribution in [0.25, 0.3) is 11.1 Å². The van der Waals surface area contributed by atoms with Crippen LogP contribution in [0.1, 0.15) is 50.2 Å². The second-order valence-corrected chi connectivity index (χ2v) is 7.98. The standard InChI is InChI=1S/C23H27NO/c1-3-7-16(8-4-1)18-11-12-21-20(15-18)23-19(13-14-25-23)22(24-21)17-9-5-2-6-10-17/h1,3-4,7-8,11-12,15,17,19,22-24H,2,5-6,9-10,13-14H2/t19-,22?,23-/m0/s1. The number of nitrogens with one attached hydrogen (secondary N) is 1. The smallest absolute Gasteiger partial charge is 0.0893 e. The third-order valence-electron chi connectivity index (χ3n) is 6.54. The Hall–Kier alpha value is -1.80. The van der Waals surface area contributed by atoms with Crippen LogP contribution in [0.15, 0.2) is 48.5 Å². The molecule has 130 valence electrons. The van der Waals surface area contributed by atoms with Gasteiger partial charge in [-0.25, -0.2) is 0 Å². The molecule has 0 radical (unpaired) electrons.